The van der Waals surface area contributed by atoms with Crippen LogP contribution in [0.1, 0.15) is 84.0 Å². The average Bonchev–Trinajstić information content (AvgIpc) is 2.65. The molecule has 2 unspecified atom stereocenters. The third-order valence-corrected chi connectivity index (χ3v) is 5.77. The first-order valence-electron chi connectivity index (χ1n) is 10.7. The van der Waals surface area contributed by atoms with Crippen molar-refractivity contribution in [1.29, 1.82) is 0 Å². The van der Waals surface area contributed by atoms with Gasteiger partial charge in [-0.05, 0) is 51.9 Å². The van der Waals surface area contributed by atoms with Crippen molar-refractivity contribution in [2.75, 3.05) is 13.1 Å². The van der Waals surface area contributed by atoms with Crippen LogP contribution in [0.4, 0.5) is 4.79 Å². The second-order valence-electron chi connectivity index (χ2n) is 8.06. The number of nitrogens with one attached hydrogen (secondary N) is 2. The van der Waals surface area contributed by atoms with Crippen LogP contribution in [0.25, 0.3) is 0 Å². The number of carbonyl (C=O) groups excluding carboxylic acids is 2. The monoisotopic (exact) mass is 366 g/mol. The maximum absolute atomic E-state index is 12.5. The van der Waals surface area contributed by atoms with Crippen LogP contribution in [0.3, 0.4) is 0 Å². The number of unbranched alkanes of at least 4 members (excludes halogenated alkanes) is 2. The fourth-order valence-electron chi connectivity index (χ4n) is 4.22. The zero-order chi connectivity index (χ0) is 18.8. The van der Waals surface area contributed by atoms with Crippen molar-refractivity contribution in [3.8, 4) is 0 Å². The Labute approximate surface area is 158 Å². The molecule has 6 heteroatoms. The van der Waals surface area contributed by atoms with Gasteiger partial charge in [-0.25, -0.2) is 4.79 Å². The molecule has 0 spiro atoms. The summed E-state index contributed by atoms with van der Waals surface area (Å²) < 4.78 is 0. The fourth-order valence-corrected chi connectivity index (χ4v) is 4.22. The van der Waals surface area contributed by atoms with Crippen LogP contribution in [0.5, 0.6) is 0 Å². The Kier molecular flexibility index (Phi) is 9.23. The molecule has 150 valence electrons. The Balaban J connectivity index is 1.52. The van der Waals surface area contributed by atoms with Crippen LogP contribution in [0.15, 0.2) is 0 Å². The highest BCUT2D eigenvalue weighted by molar-refractivity contribution is 5.76. The number of hydrogen-bond acceptors (Lipinski definition) is 3. The van der Waals surface area contributed by atoms with Crippen molar-refractivity contribution in [2.24, 2.45) is 5.73 Å². The molecule has 2 atom stereocenters. The summed E-state index contributed by atoms with van der Waals surface area (Å²) in [5.74, 6) is 0.245. The number of hydrogen-bond donors (Lipinski definition) is 3. The molecule has 3 amide bonds. The molecule has 0 aromatic rings. The van der Waals surface area contributed by atoms with Gasteiger partial charge in [0.15, 0.2) is 0 Å². The van der Waals surface area contributed by atoms with E-state index in [1.807, 2.05) is 11.8 Å². The molecule has 26 heavy (non-hydrogen) atoms. The van der Waals surface area contributed by atoms with Crippen molar-refractivity contribution in [2.45, 2.75) is 102 Å². The smallest absolute Gasteiger partial charge is 0.315 e. The van der Waals surface area contributed by atoms with Gasteiger partial charge in [0.25, 0.3) is 0 Å². The third kappa shape index (κ3) is 7.14. The summed E-state index contributed by atoms with van der Waals surface area (Å²) in [6.07, 6.45) is 12.6. The molecule has 1 heterocycles. The number of rotatable bonds is 8. The second-order valence-corrected chi connectivity index (χ2v) is 8.06. The summed E-state index contributed by atoms with van der Waals surface area (Å²) in [6, 6.07) is 0.567. The van der Waals surface area contributed by atoms with Crippen molar-refractivity contribution in [1.82, 2.24) is 15.5 Å². The Morgan fingerprint density at radius 1 is 1.04 bits per heavy atom. The van der Waals surface area contributed by atoms with Crippen LogP contribution in [-0.2, 0) is 4.79 Å². The molecule has 4 N–H and O–H groups in total. The SMILES string of the molecule is CC(N)C1CCCCN1C(=O)CCCCCNC(=O)NC1CCCCC1. The molecule has 0 radical (unpaired) electrons. The lowest BCUT2D eigenvalue weighted by atomic mass is 9.96. The van der Waals surface area contributed by atoms with Crippen LogP contribution in [0.2, 0.25) is 0 Å². The van der Waals surface area contributed by atoms with Gasteiger partial charge in [0, 0.05) is 37.6 Å². The van der Waals surface area contributed by atoms with Gasteiger partial charge in [-0.3, -0.25) is 4.79 Å². The summed E-state index contributed by atoms with van der Waals surface area (Å²) in [5, 5.41) is 6.01. The zero-order valence-corrected chi connectivity index (χ0v) is 16.5. The van der Waals surface area contributed by atoms with E-state index in [-0.39, 0.29) is 24.0 Å². The van der Waals surface area contributed by atoms with E-state index < -0.39 is 0 Å². The maximum Gasteiger partial charge on any atom is 0.315 e. The first-order valence-corrected chi connectivity index (χ1v) is 10.7. The summed E-state index contributed by atoms with van der Waals surface area (Å²) in [6.45, 7) is 3.53. The minimum Gasteiger partial charge on any atom is -0.338 e. The first-order chi connectivity index (χ1) is 12.6. The van der Waals surface area contributed by atoms with Gasteiger partial charge in [-0.1, -0.05) is 25.7 Å². The Morgan fingerprint density at radius 3 is 2.50 bits per heavy atom. The molecule has 1 saturated heterocycles. The molecular weight excluding hydrogens is 328 g/mol. The first kappa shape index (κ1) is 21.0. The predicted molar refractivity (Wildman–Crippen MR) is 105 cm³/mol. The lowest BCUT2D eigenvalue weighted by molar-refractivity contribution is -0.135. The number of amides is 3. The molecule has 0 aromatic carbocycles. The van der Waals surface area contributed by atoms with Gasteiger partial charge in [0.1, 0.15) is 0 Å². The van der Waals surface area contributed by atoms with Crippen LogP contribution in [-0.4, -0.2) is 48.1 Å². The molecule has 2 fully saturated rings. The van der Waals surface area contributed by atoms with Gasteiger partial charge in [0.05, 0.1) is 0 Å². The number of carbonyl (C=O) groups is 2. The number of nitrogens with two attached hydrogens (primary N) is 1. The number of piperidine rings is 1. The van der Waals surface area contributed by atoms with E-state index in [0.717, 1.165) is 51.5 Å². The van der Waals surface area contributed by atoms with E-state index in [1.54, 1.807) is 0 Å². The fraction of sp³-hybridized carbons (Fsp3) is 0.900. The lowest BCUT2D eigenvalue weighted by Gasteiger charge is -2.38. The molecule has 2 rings (SSSR count). The van der Waals surface area contributed by atoms with Gasteiger partial charge in [-0.15, -0.1) is 0 Å². The summed E-state index contributed by atoms with van der Waals surface area (Å²) in [4.78, 5) is 26.3. The maximum atomic E-state index is 12.5. The quantitative estimate of drug-likeness (QED) is 0.577. The highest BCUT2D eigenvalue weighted by Crippen LogP contribution is 2.20. The molecule has 0 aromatic heterocycles. The van der Waals surface area contributed by atoms with E-state index in [9.17, 15) is 9.59 Å². The molecule has 1 saturated carbocycles. The summed E-state index contributed by atoms with van der Waals surface area (Å²) in [5.41, 5.74) is 6.05. The minimum absolute atomic E-state index is 0.0407. The highest BCUT2D eigenvalue weighted by Gasteiger charge is 2.28. The molecular formula is C20H38N4O2. The van der Waals surface area contributed by atoms with E-state index in [1.165, 1.54) is 25.7 Å². The third-order valence-electron chi connectivity index (χ3n) is 5.77. The summed E-state index contributed by atoms with van der Waals surface area (Å²) >= 11 is 0. The lowest BCUT2D eigenvalue weighted by Crippen LogP contribution is -2.51. The average molecular weight is 367 g/mol. The second kappa shape index (κ2) is 11.4. The normalized spacial score (nSPS) is 22.7. The Hall–Kier alpha value is -1.30. The molecule has 0 bridgehead atoms. The van der Waals surface area contributed by atoms with E-state index >= 15 is 0 Å². The summed E-state index contributed by atoms with van der Waals surface area (Å²) in [7, 11) is 0. The van der Waals surface area contributed by atoms with E-state index in [0.29, 0.717) is 19.0 Å². The zero-order valence-electron chi connectivity index (χ0n) is 16.5. The largest absolute Gasteiger partial charge is 0.338 e. The standard InChI is InChI=1S/C20H38N4O2/c1-16(21)18-12-7-9-15-24(18)19(25)13-6-3-8-14-22-20(26)23-17-10-4-2-5-11-17/h16-18H,2-15,21H2,1H3,(H2,22,23,26). The topological polar surface area (TPSA) is 87.5 Å². The van der Waals surface area contributed by atoms with Gasteiger partial charge in [-0.2, -0.15) is 0 Å². The van der Waals surface area contributed by atoms with Gasteiger partial charge >= 0.3 is 6.03 Å². The van der Waals surface area contributed by atoms with Crippen molar-refractivity contribution in [3.05, 3.63) is 0 Å². The van der Waals surface area contributed by atoms with Crippen LogP contribution in [0, 0.1) is 0 Å². The molecule has 1 aliphatic carbocycles. The molecule has 2 aliphatic rings. The van der Waals surface area contributed by atoms with Crippen molar-refractivity contribution < 1.29 is 9.59 Å². The number of urea groups is 1. The van der Waals surface area contributed by atoms with Gasteiger partial charge < -0.3 is 21.3 Å². The molecule has 6 nitrogen and oxygen atoms in total. The Bertz CT molecular complexity index is 436. The van der Waals surface area contributed by atoms with E-state index in [2.05, 4.69) is 10.6 Å². The predicted octanol–water partition coefficient (Wildman–Crippen LogP) is 2.91. The van der Waals surface area contributed by atoms with E-state index in [4.69, 9.17) is 5.73 Å². The number of likely N-dealkylation sites (tertiary alicyclic amines) is 1. The van der Waals surface area contributed by atoms with Crippen LogP contribution >= 0.6 is 0 Å². The number of nitrogens with zero attached hydrogens (tertiary/aromatic N) is 1. The van der Waals surface area contributed by atoms with Crippen molar-refractivity contribution >= 4 is 11.9 Å². The van der Waals surface area contributed by atoms with Crippen LogP contribution < -0.4 is 16.4 Å². The molecule has 1 aliphatic heterocycles. The minimum atomic E-state index is -0.0407. The van der Waals surface area contributed by atoms with Crippen molar-refractivity contribution in [3.63, 3.8) is 0 Å². The van der Waals surface area contributed by atoms with Gasteiger partial charge in [0.2, 0.25) is 5.91 Å². The highest BCUT2D eigenvalue weighted by atomic mass is 16.2. The Morgan fingerprint density at radius 2 is 1.77 bits per heavy atom.